The molecule has 3 nitrogen and oxygen atoms in total. The summed E-state index contributed by atoms with van der Waals surface area (Å²) in [5.41, 5.74) is 0. The third-order valence-electron chi connectivity index (χ3n) is 10.3. The average Bonchev–Trinajstić information content (AvgIpc) is 3.02. The molecular weight excluding hydrogens is 665 g/mol. The van der Waals surface area contributed by atoms with Gasteiger partial charge in [0, 0.05) is 0 Å². The van der Waals surface area contributed by atoms with Crippen molar-refractivity contribution < 1.29 is 12.3 Å². The van der Waals surface area contributed by atoms with Crippen LogP contribution in [0.2, 0.25) is 57.4 Å². The van der Waals surface area contributed by atoms with Gasteiger partial charge in [0.15, 0.2) is 17.4 Å². The van der Waals surface area contributed by atoms with Crippen molar-refractivity contribution in [2.45, 2.75) is 271 Å². The van der Waals surface area contributed by atoms with E-state index in [4.69, 9.17) is 12.3 Å². The standard InChI is InChI=1S/C42H94O3Si4/c1-10-13-16-19-22-25-28-31-34-37-40-46(4)43-48(8,41-38-35-32-29-26-23-20-17-14-11-2)45-49(9,44-47(5,6)7)42-39-36-33-30-27-24-21-18-15-12-3/h46H,10-42H2,1-9H3. The first-order valence-electron chi connectivity index (χ1n) is 22.6. The second-order valence-corrected chi connectivity index (χ2v) is 31.9. The highest BCUT2D eigenvalue weighted by molar-refractivity contribution is 6.88. The van der Waals surface area contributed by atoms with Crippen molar-refractivity contribution >= 4 is 34.5 Å². The van der Waals surface area contributed by atoms with Crippen LogP contribution in [0.1, 0.15) is 213 Å². The van der Waals surface area contributed by atoms with Crippen LogP contribution in [0, 0.1) is 0 Å². The molecule has 0 rings (SSSR count). The van der Waals surface area contributed by atoms with Crippen molar-refractivity contribution in [3.8, 4) is 0 Å². The smallest absolute Gasteiger partial charge is 0.315 e. The molecule has 0 aliphatic rings. The zero-order valence-electron chi connectivity index (χ0n) is 35.6. The van der Waals surface area contributed by atoms with Crippen LogP contribution in [-0.4, -0.2) is 34.5 Å². The molecule has 0 radical (unpaired) electrons. The Morgan fingerprint density at radius 3 is 0.959 bits per heavy atom. The first kappa shape index (κ1) is 49.7. The molecule has 0 saturated carbocycles. The summed E-state index contributed by atoms with van der Waals surface area (Å²) in [4.78, 5) is 0. The molecule has 0 N–H and O–H groups in total. The fourth-order valence-electron chi connectivity index (χ4n) is 7.63. The molecule has 7 heteroatoms. The summed E-state index contributed by atoms with van der Waals surface area (Å²) >= 11 is 0. The highest BCUT2D eigenvalue weighted by atomic mass is 28.5. The summed E-state index contributed by atoms with van der Waals surface area (Å²) in [5.74, 6) is 0. The molecule has 3 unspecified atom stereocenters. The second kappa shape index (κ2) is 33.3. The van der Waals surface area contributed by atoms with Gasteiger partial charge in [0.05, 0.1) is 0 Å². The Bertz CT molecular complexity index is 691. The topological polar surface area (TPSA) is 27.7 Å². The Hall–Kier alpha value is 0.748. The van der Waals surface area contributed by atoms with Crippen LogP contribution in [0.4, 0.5) is 0 Å². The van der Waals surface area contributed by atoms with Crippen molar-refractivity contribution in [3.63, 3.8) is 0 Å². The molecule has 0 amide bonds. The molecule has 0 aliphatic heterocycles. The van der Waals surface area contributed by atoms with Gasteiger partial charge in [-0.1, -0.05) is 213 Å². The van der Waals surface area contributed by atoms with E-state index in [1.807, 2.05) is 0 Å². The quantitative estimate of drug-likeness (QED) is 0.0461. The fourth-order valence-corrected chi connectivity index (χ4v) is 25.9. The van der Waals surface area contributed by atoms with Crippen LogP contribution in [0.5, 0.6) is 0 Å². The van der Waals surface area contributed by atoms with Crippen molar-refractivity contribution in [1.82, 2.24) is 0 Å². The van der Waals surface area contributed by atoms with Crippen molar-refractivity contribution in [2.24, 2.45) is 0 Å². The highest BCUT2D eigenvalue weighted by Crippen LogP contribution is 2.31. The SMILES string of the molecule is CCCCCCCCCCCC[SiH](C)O[Si](C)(CCCCCCCCCCCC)O[Si](C)(CCCCCCCCCCCC)O[Si](C)(C)C. The fraction of sp³-hybridized carbons (Fsp3) is 1.00. The second-order valence-electron chi connectivity index (χ2n) is 17.3. The van der Waals surface area contributed by atoms with E-state index in [1.165, 1.54) is 199 Å². The summed E-state index contributed by atoms with van der Waals surface area (Å²) in [5, 5.41) is 0. The van der Waals surface area contributed by atoms with Gasteiger partial charge in [-0.2, -0.15) is 0 Å². The van der Waals surface area contributed by atoms with E-state index in [9.17, 15) is 0 Å². The van der Waals surface area contributed by atoms with E-state index in [0.717, 1.165) is 12.1 Å². The number of hydrogen-bond acceptors (Lipinski definition) is 3. The van der Waals surface area contributed by atoms with E-state index < -0.39 is 34.5 Å². The van der Waals surface area contributed by atoms with E-state index in [0.29, 0.717) is 0 Å². The molecule has 0 fully saturated rings. The Balaban J connectivity index is 5.03. The Morgan fingerprint density at radius 2 is 0.633 bits per heavy atom. The molecular formula is C42H94O3Si4. The lowest BCUT2D eigenvalue weighted by Gasteiger charge is -2.42. The maximum atomic E-state index is 7.44. The minimum atomic E-state index is -2.32. The largest absolute Gasteiger partial charge is 0.439 e. The molecule has 0 heterocycles. The predicted octanol–water partition coefficient (Wildman–Crippen LogP) is 16.1. The maximum absolute atomic E-state index is 7.44. The van der Waals surface area contributed by atoms with Crippen LogP contribution in [0.25, 0.3) is 0 Å². The van der Waals surface area contributed by atoms with Gasteiger partial charge in [-0.25, -0.2) is 0 Å². The van der Waals surface area contributed by atoms with Gasteiger partial charge < -0.3 is 12.3 Å². The summed E-state index contributed by atoms with van der Waals surface area (Å²) in [7, 11) is -7.63. The molecule has 0 bridgehead atoms. The third-order valence-corrected chi connectivity index (χ3v) is 25.3. The van der Waals surface area contributed by atoms with Gasteiger partial charge in [-0.05, 0) is 57.4 Å². The molecule has 3 atom stereocenters. The third kappa shape index (κ3) is 34.3. The molecule has 0 aliphatic carbocycles. The van der Waals surface area contributed by atoms with Crippen LogP contribution in [0.15, 0.2) is 0 Å². The van der Waals surface area contributed by atoms with Crippen LogP contribution < -0.4 is 0 Å². The molecule has 0 aromatic carbocycles. The molecule has 0 saturated heterocycles. The molecule has 296 valence electrons. The number of unbranched alkanes of at least 4 members (excludes halogenated alkanes) is 27. The van der Waals surface area contributed by atoms with Gasteiger partial charge in [-0.3, -0.25) is 0 Å². The van der Waals surface area contributed by atoms with E-state index in [2.05, 4.69) is 60.1 Å². The highest BCUT2D eigenvalue weighted by Gasteiger charge is 2.45. The predicted molar refractivity (Wildman–Crippen MR) is 233 cm³/mol. The van der Waals surface area contributed by atoms with Crippen LogP contribution in [-0.2, 0) is 12.3 Å². The summed E-state index contributed by atoms with van der Waals surface area (Å²) < 4.78 is 21.8. The minimum Gasteiger partial charge on any atom is -0.439 e. The lowest BCUT2D eigenvalue weighted by molar-refractivity contribution is 0.315. The maximum Gasteiger partial charge on any atom is 0.315 e. The number of rotatable bonds is 39. The average molecular weight is 760 g/mol. The first-order chi connectivity index (χ1) is 23.5. The molecule has 0 spiro atoms. The molecule has 0 aromatic rings. The molecule has 0 aromatic heterocycles. The van der Waals surface area contributed by atoms with Crippen LogP contribution in [0.3, 0.4) is 0 Å². The van der Waals surface area contributed by atoms with Gasteiger partial charge in [0.25, 0.3) is 0 Å². The van der Waals surface area contributed by atoms with Gasteiger partial charge in [-0.15, -0.1) is 0 Å². The van der Waals surface area contributed by atoms with Gasteiger partial charge >= 0.3 is 17.1 Å². The van der Waals surface area contributed by atoms with Crippen LogP contribution >= 0.6 is 0 Å². The van der Waals surface area contributed by atoms with Gasteiger partial charge in [0.1, 0.15) is 0 Å². The Labute approximate surface area is 316 Å². The summed E-state index contributed by atoms with van der Waals surface area (Å²) in [6.45, 7) is 21.4. The Morgan fingerprint density at radius 1 is 0.347 bits per heavy atom. The van der Waals surface area contributed by atoms with E-state index in [1.54, 1.807) is 0 Å². The van der Waals surface area contributed by atoms with Crippen molar-refractivity contribution in [3.05, 3.63) is 0 Å². The first-order valence-corrected chi connectivity index (χ1v) is 33.5. The zero-order valence-corrected chi connectivity index (χ0v) is 39.8. The van der Waals surface area contributed by atoms with E-state index in [-0.39, 0.29) is 0 Å². The lowest BCUT2D eigenvalue weighted by atomic mass is 10.1. The lowest BCUT2D eigenvalue weighted by Crippen LogP contribution is -2.56. The number of hydrogen-bond donors (Lipinski definition) is 0. The summed E-state index contributed by atoms with van der Waals surface area (Å²) in [6, 6.07) is 3.62. The van der Waals surface area contributed by atoms with E-state index >= 15 is 0 Å². The van der Waals surface area contributed by atoms with Gasteiger partial charge in [0.2, 0.25) is 0 Å². The minimum absolute atomic E-state index is 1.14. The monoisotopic (exact) mass is 759 g/mol. The van der Waals surface area contributed by atoms with Crippen molar-refractivity contribution in [1.29, 1.82) is 0 Å². The van der Waals surface area contributed by atoms with Crippen molar-refractivity contribution in [2.75, 3.05) is 0 Å². The molecule has 49 heavy (non-hydrogen) atoms. The Kier molecular flexibility index (Phi) is 33.8. The summed E-state index contributed by atoms with van der Waals surface area (Å²) in [6.07, 6.45) is 41.8. The normalized spacial score (nSPS) is 15.4. The zero-order chi connectivity index (χ0) is 36.5.